The summed E-state index contributed by atoms with van der Waals surface area (Å²) < 4.78 is 9.04. The van der Waals surface area contributed by atoms with E-state index in [0.717, 1.165) is 4.57 Å². The van der Waals surface area contributed by atoms with Crippen LogP contribution in [0.1, 0.15) is 55.9 Å². The van der Waals surface area contributed by atoms with Crippen molar-refractivity contribution in [1.29, 1.82) is 0 Å². The van der Waals surface area contributed by atoms with Gasteiger partial charge in [0, 0.05) is 18.0 Å². The van der Waals surface area contributed by atoms with E-state index in [2.05, 4.69) is 33.9 Å². The molecular weight excluding hydrogens is 434 g/mol. The minimum absolute atomic E-state index is 0.0529. The highest BCUT2D eigenvalue weighted by Crippen LogP contribution is 2.38. The fourth-order valence-corrected chi connectivity index (χ4v) is 6.10. The standard InChI is InChI=1S/C21H33N3O5SSi/c1-12(2)24-19-16(17(25)22(7)20(24)27)15(13(3)30-19)18(26)23-10-14(11-28-23)29-31(8,9)21(4,5)6/h12,14H,10-11H2,1-9H3/t14-/m0/s1. The lowest BCUT2D eigenvalue weighted by Gasteiger charge is -2.37. The van der Waals surface area contributed by atoms with Gasteiger partial charge in [-0.3, -0.25) is 23.6 Å². The van der Waals surface area contributed by atoms with Gasteiger partial charge in [0.15, 0.2) is 8.32 Å². The zero-order valence-electron chi connectivity index (χ0n) is 19.9. The van der Waals surface area contributed by atoms with Crippen molar-refractivity contribution in [3.63, 3.8) is 0 Å². The summed E-state index contributed by atoms with van der Waals surface area (Å²) in [5, 5.41) is 1.63. The summed E-state index contributed by atoms with van der Waals surface area (Å²) >= 11 is 1.29. The molecule has 3 heterocycles. The van der Waals surface area contributed by atoms with Crippen LogP contribution >= 0.6 is 11.3 Å². The second-order valence-corrected chi connectivity index (χ2v) is 15.9. The van der Waals surface area contributed by atoms with Gasteiger partial charge in [0.2, 0.25) is 0 Å². The molecule has 0 saturated carbocycles. The maximum Gasteiger partial charge on any atom is 0.332 e. The molecule has 31 heavy (non-hydrogen) atoms. The number of aromatic nitrogens is 2. The molecule has 2 aromatic rings. The molecule has 0 aliphatic carbocycles. The number of carbonyl (C=O) groups excluding carboxylic acids is 1. The van der Waals surface area contributed by atoms with Gasteiger partial charge in [0.1, 0.15) is 11.4 Å². The quantitative estimate of drug-likeness (QED) is 0.644. The molecule has 0 N–H and O–H groups in total. The Morgan fingerprint density at radius 2 is 1.87 bits per heavy atom. The largest absolute Gasteiger partial charge is 0.410 e. The van der Waals surface area contributed by atoms with E-state index in [-0.39, 0.29) is 34.2 Å². The van der Waals surface area contributed by atoms with E-state index in [1.807, 2.05) is 13.8 Å². The molecule has 0 bridgehead atoms. The Morgan fingerprint density at radius 3 is 2.42 bits per heavy atom. The zero-order chi connectivity index (χ0) is 23.5. The van der Waals surface area contributed by atoms with Crippen molar-refractivity contribution in [2.45, 2.75) is 71.8 Å². The number of amides is 1. The molecule has 1 saturated heterocycles. The molecule has 0 aromatic carbocycles. The second kappa shape index (κ2) is 7.98. The van der Waals surface area contributed by atoms with Gasteiger partial charge in [0.25, 0.3) is 11.5 Å². The summed E-state index contributed by atoms with van der Waals surface area (Å²) in [6, 6.07) is -0.145. The molecule has 0 radical (unpaired) electrons. The van der Waals surface area contributed by atoms with E-state index >= 15 is 0 Å². The number of carbonyl (C=O) groups is 1. The molecule has 1 amide bonds. The molecule has 0 spiro atoms. The Morgan fingerprint density at radius 1 is 1.26 bits per heavy atom. The SMILES string of the molecule is Cc1sc2c(c1C(=O)N1C[C@H](O[Si](C)(C)C(C)(C)C)CO1)c(=O)n(C)c(=O)n2C(C)C. The Labute approximate surface area is 187 Å². The molecule has 172 valence electrons. The van der Waals surface area contributed by atoms with Gasteiger partial charge in [-0.15, -0.1) is 11.3 Å². The maximum absolute atomic E-state index is 13.4. The monoisotopic (exact) mass is 467 g/mol. The van der Waals surface area contributed by atoms with Crippen molar-refractivity contribution in [2.75, 3.05) is 13.2 Å². The molecular formula is C21H33N3O5SSi. The number of hydrogen-bond donors (Lipinski definition) is 0. The molecule has 1 fully saturated rings. The van der Waals surface area contributed by atoms with E-state index in [4.69, 9.17) is 9.26 Å². The number of thiophene rings is 1. The summed E-state index contributed by atoms with van der Waals surface area (Å²) in [5.74, 6) is -0.365. The Balaban J connectivity index is 1.99. The second-order valence-electron chi connectivity index (χ2n) is 9.99. The van der Waals surface area contributed by atoms with E-state index in [0.29, 0.717) is 28.4 Å². The van der Waals surface area contributed by atoms with Crippen LogP contribution in [0, 0.1) is 6.92 Å². The first-order chi connectivity index (χ1) is 14.2. The van der Waals surface area contributed by atoms with Crippen LogP contribution in [0.2, 0.25) is 18.1 Å². The molecule has 2 aromatic heterocycles. The summed E-state index contributed by atoms with van der Waals surface area (Å²) in [6.45, 7) is 17.0. The minimum Gasteiger partial charge on any atom is -0.410 e. The molecule has 1 aliphatic heterocycles. The predicted molar refractivity (Wildman–Crippen MR) is 126 cm³/mol. The van der Waals surface area contributed by atoms with E-state index in [1.54, 1.807) is 11.5 Å². The highest BCUT2D eigenvalue weighted by molar-refractivity contribution is 7.19. The highest BCUT2D eigenvalue weighted by atomic mass is 32.1. The van der Waals surface area contributed by atoms with Crippen LogP contribution in [0.5, 0.6) is 0 Å². The summed E-state index contributed by atoms with van der Waals surface area (Å²) in [7, 11) is -0.561. The highest BCUT2D eigenvalue weighted by Gasteiger charge is 2.42. The van der Waals surface area contributed by atoms with Crippen molar-refractivity contribution >= 4 is 35.8 Å². The van der Waals surface area contributed by atoms with Gasteiger partial charge in [-0.05, 0) is 38.9 Å². The van der Waals surface area contributed by atoms with Gasteiger partial charge >= 0.3 is 5.69 Å². The third-order valence-electron chi connectivity index (χ3n) is 6.31. The molecule has 0 unspecified atom stereocenters. The van der Waals surface area contributed by atoms with Crippen molar-refractivity contribution in [1.82, 2.24) is 14.2 Å². The third kappa shape index (κ3) is 4.06. The van der Waals surface area contributed by atoms with Gasteiger partial charge in [0.05, 0.1) is 23.6 Å². The number of hydroxylamine groups is 2. The number of aryl methyl sites for hydroxylation is 1. The lowest BCUT2D eigenvalue weighted by atomic mass is 10.1. The van der Waals surface area contributed by atoms with Gasteiger partial charge < -0.3 is 4.43 Å². The Hall–Kier alpha value is -1.75. The number of fused-ring (bicyclic) bond motifs is 1. The number of nitrogens with zero attached hydrogens (tertiary/aromatic N) is 3. The predicted octanol–water partition coefficient (Wildman–Crippen LogP) is 3.43. The number of rotatable bonds is 4. The van der Waals surface area contributed by atoms with Crippen LogP contribution in [-0.4, -0.2) is 47.7 Å². The molecule has 1 atom stereocenters. The summed E-state index contributed by atoms with van der Waals surface area (Å²) in [5.41, 5.74) is -0.533. The van der Waals surface area contributed by atoms with Crippen LogP contribution in [0.15, 0.2) is 9.59 Å². The fraction of sp³-hybridized carbons (Fsp3) is 0.667. The molecule has 3 rings (SSSR count). The van der Waals surface area contributed by atoms with Gasteiger partial charge in [-0.2, -0.15) is 0 Å². The molecule has 8 nitrogen and oxygen atoms in total. The van der Waals surface area contributed by atoms with Crippen molar-refractivity contribution in [2.24, 2.45) is 7.05 Å². The average molecular weight is 468 g/mol. The van der Waals surface area contributed by atoms with Crippen LogP contribution in [0.25, 0.3) is 10.2 Å². The van der Waals surface area contributed by atoms with E-state index in [1.165, 1.54) is 23.4 Å². The van der Waals surface area contributed by atoms with Crippen LogP contribution < -0.4 is 11.2 Å². The summed E-state index contributed by atoms with van der Waals surface area (Å²) in [4.78, 5) is 45.9. The normalized spacial score (nSPS) is 17.9. The Kier molecular flexibility index (Phi) is 6.16. The maximum atomic E-state index is 13.4. The Bertz CT molecular complexity index is 1140. The zero-order valence-corrected chi connectivity index (χ0v) is 21.7. The van der Waals surface area contributed by atoms with Crippen LogP contribution in [-0.2, 0) is 16.3 Å². The summed E-state index contributed by atoms with van der Waals surface area (Å²) in [6.07, 6.45) is -0.202. The smallest absolute Gasteiger partial charge is 0.332 e. The van der Waals surface area contributed by atoms with Crippen LogP contribution in [0.4, 0.5) is 0 Å². The van der Waals surface area contributed by atoms with Crippen LogP contribution in [0.3, 0.4) is 0 Å². The molecule has 1 aliphatic rings. The van der Waals surface area contributed by atoms with Gasteiger partial charge in [-0.25, -0.2) is 9.86 Å². The number of hydrogen-bond acceptors (Lipinski definition) is 6. The van der Waals surface area contributed by atoms with Crippen molar-refractivity contribution < 1.29 is 14.1 Å². The first-order valence-corrected chi connectivity index (χ1v) is 14.3. The minimum atomic E-state index is -2.01. The topological polar surface area (TPSA) is 82.8 Å². The average Bonchev–Trinajstić information content (AvgIpc) is 3.22. The fourth-order valence-electron chi connectivity index (χ4n) is 3.51. The first-order valence-electron chi connectivity index (χ1n) is 10.5. The lowest BCUT2D eigenvalue weighted by Crippen LogP contribution is -2.45. The van der Waals surface area contributed by atoms with Gasteiger partial charge in [-0.1, -0.05) is 20.8 Å². The van der Waals surface area contributed by atoms with E-state index in [9.17, 15) is 14.4 Å². The van der Waals surface area contributed by atoms with Crippen molar-refractivity contribution in [3.8, 4) is 0 Å². The van der Waals surface area contributed by atoms with E-state index < -0.39 is 13.9 Å². The van der Waals surface area contributed by atoms with Crippen molar-refractivity contribution in [3.05, 3.63) is 31.3 Å². The molecule has 10 heteroatoms. The lowest BCUT2D eigenvalue weighted by molar-refractivity contribution is -0.0777. The third-order valence-corrected chi connectivity index (χ3v) is 11.9. The first kappa shape index (κ1) is 23.9.